The lowest BCUT2D eigenvalue weighted by atomic mass is 10.1. The Morgan fingerprint density at radius 2 is 1.89 bits per heavy atom. The van der Waals surface area contributed by atoms with Crippen molar-refractivity contribution in [3.8, 4) is 0 Å². The van der Waals surface area contributed by atoms with Gasteiger partial charge in [-0.25, -0.2) is 0 Å². The maximum Gasteiger partial charge on any atom is 0.431 e. The molecule has 1 N–H and O–H groups in total. The van der Waals surface area contributed by atoms with Crippen molar-refractivity contribution in [3.05, 3.63) is 34.2 Å². The molecule has 0 aliphatic heterocycles. The van der Waals surface area contributed by atoms with Crippen LogP contribution in [-0.4, -0.2) is 17.2 Å². The zero-order valence-electron chi connectivity index (χ0n) is 11.3. The van der Waals surface area contributed by atoms with Crippen LogP contribution < -0.4 is 10.9 Å². The van der Waals surface area contributed by atoms with E-state index in [2.05, 4.69) is 5.32 Å². The summed E-state index contributed by atoms with van der Waals surface area (Å²) in [7, 11) is 0. The standard InChI is InChI=1S/C13H19F3N2O/c1-9(2)10(3)17-7-8-18-11(13(14,15)16)5-4-6-12(18)19/h4-6,9-10,17H,7-8H2,1-3H3. The molecule has 3 nitrogen and oxygen atoms in total. The molecule has 19 heavy (non-hydrogen) atoms. The van der Waals surface area contributed by atoms with Gasteiger partial charge in [-0.1, -0.05) is 19.9 Å². The van der Waals surface area contributed by atoms with Crippen molar-refractivity contribution in [1.82, 2.24) is 9.88 Å². The van der Waals surface area contributed by atoms with Gasteiger partial charge in [0.1, 0.15) is 5.69 Å². The van der Waals surface area contributed by atoms with Gasteiger partial charge in [-0.3, -0.25) is 4.79 Å². The molecule has 0 saturated carbocycles. The smallest absolute Gasteiger partial charge is 0.312 e. The first kappa shape index (κ1) is 15.8. The lowest BCUT2D eigenvalue weighted by Gasteiger charge is -2.19. The van der Waals surface area contributed by atoms with Crippen LogP contribution in [-0.2, 0) is 12.7 Å². The minimum absolute atomic E-state index is 0.00553. The van der Waals surface area contributed by atoms with Crippen LogP contribution in [0.15, 0.2) is 23.0 Å². The van der Waals surface area contributed by atoms with Crippen LogP contribution in [0.4, 0.5) is 13.2 Å². The zero-order chi connectivity index (χ0) is 14.6. The molecule has 1 aromatic rings. The average molecular weight is 276 g/mol. The van der Waals surface area contributed by atoms with E-state index in [0.717, 1.165) is 22.8 Å². The molecule has 0 aromatic carbocycles. The van der Waals surface area contributed by atoms with E-state index in [-0.39, 0.29) is 12.6 Å². The minimum atomic E-state index is -4.51. The van der Waals surface area contributed by atoms with Crippen LogP contribution in [0.25, 0.3) is 0 Å². The fourth-order valence-electron chi connectivity index (χ4n) is 1.64. The molecule has 0 amide bonds. The molecule has 108 valence electrons. The molecule has 1 unspecified atom stereocenters. The van der Waals surface area contributed by atoms with Gasteiger partial charge in [-0.15, -0.1) is 0 Å². The van der Waals surface area contributed by atoms with Gasteiger partial charge in [0, 0.05) is 25.2 Å². The Morgan fingerprint density at radius 3 is 2.42 bits per heavy atom. The molecule has 1 rings (SSSR count). The highest BCUT2D eigenvalue weighted by Crippen LogP contribution is 2.27. The van der Waals surface area contributed by atoms with Gasteiger partial charge < -0.3 is 9.88 Å². The van der Waals surface area contributed by atoms with E-state index in [1.54, 1.807) is 0 Å². The van der Waals surface area contributed by atoms with E-state index in [0.29, 0.717) is 12.5 Å². The predicted octanol–water partition coefficient (Wildman–Crippen LogP) is 2.50. The molecule has 1 aromatic heterocycles. The molecular weight excluding hydrogens is 257 g/mol. The fraction of sp³-hybridized carbons (Fsp3) is 0.615. The van der Waals surface area contributed by atoms with Crippen LogP contribution in [0.5, 0.6) is 0 Å². The Bertz CT molecular complexity index is 466. The number of nitrogens with zero attached hydrogens (tertiary/aromatic N) is 1. The van der Waals surface area contributed by atoms with Crippen LogP contribution in [0.1, 0.15) is 26.5 Å². The van der Waals surface area contributed by atoms with Crippen LogP contribution in [0, 0.1) is 5.92 Å². The molecule has 0 saturated heterocycles. The van der Waals surface area contributed by atoms with Crippen molar-refractivity contribution >= 4 is 0 Å². The van der Waals surface area contributed by atoms with E-state index in [9.17, 15) is 18.0 Å². The number of aromatic nitrogens is 1. The van der Waals surface area contributed by atoms with E-state index < -0.39 is 17.4 Å². The van der Waals surface area contributed by atoms with Gasteiger partial charge in [0.15, 0.2) is 0 Å². The van der Waals surface area contributed by atoms with Crippen molar-refractivity contribution in [1.29, 1.82) is 0 Å². The third-order valence-corrected chi connectivity index (χ3v) is 3.14. The normalized spacial score (nSPS) is 13.8. The monoisotopic (exact) mass is 276 g/mol. The average Bonchev–Trinajstić information content (AvgIpc) is 2.29. The molecule has 0 aliphatic carbocycles. The fourth-order valence-corrected chi connectivity index (χ4v) is 1.64. The van der Waals surface area contributed by atoms with Crippen molar-refractivity contribution in [2.75, 3.05) is 6.54 Å². The number of hydrogen-bond donors (Lipinski definition) is 1. The van der Waals surface area contributed by atoms with E-state index >= 15 is 0 Å². The topological polar surface area (TPSA) is 34.0 Å². The minimum Gasteiger partial charge on any atom is -0.312 e. The number of pyridine rings is 1. The molecule has 0 bridgehead atoms. The molecule has 0 aliphatic rings. The van der Waals surface area contributed by atoms with E-state index in [4.69, 9.17) is 0 Å². The quantitative estimate of drug-likeness (QED) is 0.896. The summed E-state index contributed by atoms with van der Waals surface area (Å²) in [6, 6.07) is 3.38. The van der Waals surface area contributed by atoms with E-state index in [1.165, 1.54) is 0 Å². The number of halogens is 3. The number of nitrogens with one attached hydrogen (secondary N) is 1. The van der Waals surface area contributed by atoms with Gasteiger partial charge in [-0.2, -0.15) is 13.2 Å². The van der Waals surface area contributed by atoms with Crippen molar-refractivity contribution in [3.63, 3.8) is 0 Å². The summed E-state index contributed by atoms with van der Waals surface area (Å²) in [5.41, 5.74) is -1.53. The summed E-state index contributed by atoms with van der Waals surface area (Å²) in [6.07, 6.45) is -4.51. The second kappa shape index (κ2) is 6.23. The van der Waals surface area contributed by atoms with Crippen LogP contribution in [0.2, 0.25) is 0 Å². The second-order valence-electron chi connectivity index (χ2n) is 4.89. The van der Waals surface area contributed by atoms with Crippen molar-refractivity contribution in [2.45, 2.75) is 39.5 Å². The molecule has 0 fully saturated rings. The first-order valence-corrected chi connectivity index (χ1v) is 6.24. The third kappa shape index (κ3) is 4.38. The molecule has 0 radical (unpaired) electrons. The Kier molecular flexibility index (Phi) is 5.17. The van der Waals surface area contributed by atoms with Crippen LogP contribution >= 0.6 is 0 Å². The molecule has 6 heteroatoms. The number of alkyl halides is 3. The second-order valence-corrected chi connectivity index (χ2v) is 4.89. The maximum atomic E-state index is 12.8. The molecule has 1 atom stereocenters. The van der Waals surface area contributed by atoms with Gasteiger partial charge in [-0.05, 0) is 18.9 Å². The highest BCUT2D eigenvalue weighted by Gasteiger charge is 2.33. The lowest BCUT2D eigenvalue weighted by molar-refractivity contribution is -0.144. The summed E-state index contributed by atoms with van der Waals surface area (Å²) in [4.78, 5) is 11.5. The molecular formula is C13H19F3N2O. The van der Waals surface area contributed by atoms with Gasteiger partial charge in [0.05, 0.1) is 0 Å². The Labute approximate surface area is 110 Å². The first-order chi connectivity index (χ1) is 8.73. The summed E-state index contributed by atoms with van der Waals surface area (Å²) in [5.74, 6) is 0.384. The third-order valence-electron chi connectivity index (χ3n) is 3.14. The summed E-state index contributed by atoms with van der Waals surface area (Å²) >= 11 is 0. The molecule has 1 heterocycles. The Balaban J connectivity index is 2.81. The van der Waals surface area contributed by atoms with Crippen LogP contribution in [0.3, 0.4) is 0 Å². The maximum absolute atomic E-state index is 12.8. The predicted molar refractivity (Wildman–Crippen MR) is 68.0 cm³/mol. The van der Waals surface area contributed by atoms with Gasteiger partial charge in [0.2, 0.25) is 0 Å². The van der Waals surface area contributed by atoms with Crippen molar-refractivity contribution < 1.29 is 13.2 Å². The Morgan fingerprint density at radius 1 is 1.26 bits per heavy atom. The lowest BCUT2D eigenvalue weighted by Crippen LogP contribution is -2.36. The van der Waals surface area contributed by atoms with Crippen molar-refractivity contribution in [2.24, 2.45) is 5.92 Å². The SMILES string of the molecule is CC(C)C(C)NCCn1c(C(F)(F)F)cccc1=O. The van der Waals surface area contributed by atoms with E-state index in [1.807, 2.05) is 20.8 Å². The zero-order valence-corrected chi connectivity index (χ0v) is 11.3. The first-order valence-electron chi connectivity index (χ1n) is 6.24. The largest absolute Gasteiger partial charge is 0.431 e. The summed E-state index contributed by atoms with van der Waals surface area (Å²) in [5, 5.41) is 3.11. The Hall–Kier alpha value is -1.30. The van der Waals surface area contributed by atoms with Gasteiger partial charge in [0.25, 0.3) is 5.56 Å². The number of hydrogen-bond acceptors (Lipinski definition) is 2. The van der Waals surface area contributed by atoms with Gasteiger partial charge >= 0.3 is 6.18 Å². The summed E-state index contributed by atoms with van der Waals surface area (Å²) in [6.45, 7) is 6.34. The highest BCUT2D eigenvalue weighted by molar-refractivity contribution is 5.10. The summed E-state index contributed by atoms with van der Waals surface area (Å²) < 4.78 is 39.1. The highest BCUT2D eigenvalue weighted by atomic mass is 19.4. The molecule has 0 spiro atoms. The number of rotatable bonds is 5.